The van der Waals surface area contributed by atoms with E-state index in [1.807, 2.05) is 17.8 Å². The van der Waals surface area contributed by atoms with Crippen LogP contribution in [0.3, 0.4) is 0 Å². The zero-order valence-electron chi connectivity index (χ0n) is 14.5. The number of fused-ring (bicyclic) bond motifs is 2. The molecular formula is C21H23ClN2S. The van der Waals surface area contributed by atoms with Crippen molar-refractivity contribution in [3.05, 3.63) is 64.7 Å². The third-order valence-electron chi connectivity index (χ3n) is 5.02. The summed E-state index contributed by atoms with van der Waals surface area (Å²) in [5, 5.41) is 0.809. The van der Waals surface area contributed by atoms with Crippen LogP contribution in [0.1, 0.15) is 17.5 Å². The van der Waals surface area contributed by atoms with Crippen LogP contribution in [0.5, 0.6) is 0 Å². The number of hydrogen-bond acceptors (Lipinski definition) is 3. The van der Waals surface area contributed by atoms with Crippen molar-refractivity contribution in [2.75, 3.05) is 39.8 Å². The summed E-state index contributed by atoms with van der Waals surface area (Å²) in [5.41, 5.74) is 3.94. The van der Waals surface area contributed by atoms with E-state index in [4.69, 9.17) is 11.6 Å². The summed E-state index contributed by atoms with van der Waals surface area (Å²) in [4.78, 5) is 7.61. The van der Waals surface area contributed by atoms with Crippen LogP contribution in [0.25, 0.3) is 5.57 Å². The average Bonchev–Trinajstić information content (AvgIpc) is 2.63. The summed E-state index contributed by atoms with van der Waals surface area (Å²) in [7, 11) is 2.20. The predicted octanol–water partition coefficient (Wildman–Crippen LogP) is 4.87. The van der Waals surface area contributed by atoms with Gasteiger partial charge in [-0.05, 0) is 54.4 Å². The van der Waals surface area contributed by atoms with E-state index in [1.165, 1.54) is 52.7 Å². The summed E-state index contributed by atoms with van der Waals surface area (Å²) in [5.74, 6) is 0. The predicted molar refractivity (Wildman–Crippen MR) is 108 cm³/mol. The van der Waals surface area contributed by atoms with Gasteiger partial charge in [0.2, 0.25) is 0 Å². The maximum atomic E-state index is 6.29. The van der Waals surface area contributed by atoms with Gasteiger partial charge >= 0.3 is 0 Å². The van der Waals surface area contributed by atoms with Crippen molar-refractivity contribution in [2.45, 2.75) is 16.2 Å². The summed E-state index contributed by atoms with van der Waals surface area (Å²) >= 11 is 8.13. The van der Waals surface area contributed by atoms with Crippen molar-refractivity contribution in [3.63, 3.8) is 0 Å². The van der Waals surface area contributed by atoms with Crippen molar-refractivity contribution in [2.24, 2.45) is 0 Å². The molecule has 0 unspecified atom stereocenters. The van der Waals surface area contributed by atoms with Crippen LogP contribution in [0.2, 0.25) is 5.02 Å². The monoisotopic (exact) mass is 370 g/mol. The van der Waals surface area contributed by atoms with Crippen molar-refractivity contribution >= 4 is 28.9 Å². The number of hydrogen-bond donors (Lipinski definition) is 0. The van der Waals surface area contributed by atoms with Gasteiger partial charge in [-0.2, -0.15) is 0 Å². The molecule has 1 fully saturated rings. The van der Waals surface area contributed by atoms with Gasteiger partial charge in [0.1, 0.15) is 0 Å². The van der Waals surface area contributed by atoms with Gasteiger partial charge in [0.25, 0.3) is 0 Å². The lowest BCUT2D eigenvalue weighted by Crippen LogP contribution is -2.44. The van der Waals surface area contributed by atoms with Gasteiger partial charge in [-0.25, -0.2) is 0 Å². The molecule has 2 aromatic carbocycles. The fourth-order valence-corrected chi connectivity index (χ4v) is 4.78. The molecule has 0 atom stereocenters. The van der Waals surface area contributed by atoms with Crippen LogP contribution < -0.4 is 0 Å². The second-order valence-corrected chi connectivity index (χ2v) is 8.31. The molecule has 2 aromatic rings. The van der Waals surface area contributed by atoms with Crippen LogP contribution in [-0.2, 0) is 0 Å². The number of rotatable bonds is 3. The minimum Gasteiger partial charge on any atom is -0.304 e. The van der Waals surface area contributed by atoms with Gasteiger partial charge in [-0.3, -0.25) is 0 Å². The third kappa shape index (κ3) is 3.80. The molecule has 2 nitrogen and oxygen atoms in total. The molecule has 2 aliphatic rings. The molecule has 0 spiro atoms. The van der Waals surface area contributed by atoms with E-state index >= 15 is 0 Å². The molecule has 4 rings (SSSR count). The van der Waals surface area contributed by atoms with Gasteiger partial charge in [0.15, 0.2) is 0 Å². The Hall–Kier alpha value is -1.26. The molecular weight excluding hydrogens is 348 g/mol. The zero-order valence-corrected chi connectivity index (χ0v) is 16.1. The Morgan fingerprint density at radius 2 is 1.76 bits per heavy atom. The highest BCUT2D eigenvalue weighted by molar-refractivity contribution is 7.99. The molecule has 0 bridgehead atoms. The van der Waals surface area contributed by atoms with Crippen LogP contribution in [0.4, 0.5) is 0 Å². The van der Waals surface area contributed by atoms with Crippen molar-refractivity contribution in [1.29, 1.82) is 0 Å². The Kier molecular flexibility index (Phi) is 5.18. The van der Waals surface area contributed by atoms with E-state index in [0.717, 1.165) is 18.0 Å². The molecule has 0 radical (unpaired) electrons. The topological polar surface area (TPSA) is 6.48 Å². The summed E-state index contributed by atoms with van der Waals surface area (Å²) in [6, 6.07) is 14.9. The maximum absolute atomic E-state index is 6.29. The van der Waals surface area contributed by atoms with E-state index in [2.05, 4.69) is 59.3 Å². The highest BCUT2D eigenvalue weighted by Gasteiger charge is 2.21. The normalized spacial score (nSPS) is 19.7. The molecule has 2 heterocycles. The summed E-state index contributed by atoms with van der Waals surface area (Å²) in [6.07, 6.45) is 3.48. The van der Waals surface area contributed by atoms with Gasteiger partial charge < -0.3 is 9.80 Å². The number of benzene rings is 2. The quantitative estimate of drug-likeness (QED) is 0.649. The Labute approximate surface area is 159 Å². The number of nitrogens with zero attached hydrogens (tertiary/aromatic N) is 2. The fourth-order valence-electron chi connectivity index (χ4n) is 3.53. The molecule has 0 aliphatic carbocycles. The minimum absolute atomic E-state index is 0.809. The van der Waals surface area contributed by atoms with Gasteiger partial charge in [0, 0.05) is 47.5 Å². The van der Waals surface area contributed by atoms with Crippen molar-refractivity contribution < 1.29 is 0 Å². The smallest absolute Gasteiger partial charge is 0.0412 e. The first-order chi connectivity index (χ1) is 12.2. The average molecular weight is 371 g/mol. The Balaban J connectivity index is 1.58. The summed E-state index contributed by atoms with van der Waals surface area (Å²) in [6.45, 7) is 5.83. The number of likely N-dealkylation sites (N-methyl/N-ethyl adjacent to an activating group) is 1. The van der Waals surface area contributed by atoms with Gasteiger partial charge in [0.05, 0.1) is 0 Å². The second-order valence-electron chi connectivity index (χ2n) is 6.79. The lowest BCUT2D eigenvalue weighted by molar-refractivity contribution is 0.156. The molecule has 0 aromatic heterocycles. The van der Waals surface area contributed by atoms with Crippen LogP contribution in [-0.4, -0.2) is 49.6 Å². The lowest BCUT2D eigenvalue weighted by Gasteiger charge is -2.32. The van der Waals surface area contributed by atoms with Crippen LogP contribution >= 0.6 is 23.4 Å². The number of halogens is 1. The first-order valence-electron chi connectivity index (χ1n) is 8.89. The van der Waals surface area contributed by atoms with E-state index in [0.29, 0.717) is 0 Å². The Bertz CT molecular complexity index is 794. The Morgan fingerprint density at radius 1 is 1.00 bits per heavy atom. The van der Waals surface area contributed by atoms with Gasteiger partial charge in [-0.1, -0.05) is 47.6 Å². The molecule has 0 amide bonds. The fraction of sp³-hybridized carbons (Fsp3) is 0.333. The molecule has 0 N–H and O–H groups in total. The first-order valence-corrected chi connectivity index (χ1v) is 10.1. The number of piperazine rings is 1. The molecule has 0 saturated carbocycles. The minimum atomic E-state index is 0.809. The van der Waals surface area contributed by atoms with Crippen LogP contribution in [0, 0.1) is 0 Å². The molecule has 130 valence electrons. The van der Waals surface area contributed by atoms with E-state index in [-0.39, 0.29) is 0 Å². The van der Waals surface area contributed by atoms with E-state index < -0.39 is 0 Å². The molecule has 2 aliphatic heterocycles. The highest BCUT2D eigenvalue weighted by Crippen LogP contribution is 2.46. The molecule has 25 heavy (non-hydrogen) atoms. The highest BCUT2D eigenvalue weighted by atomic mass is 35.5. The second kappa shape index (κ2) is 7.55. The molecule has 1 saturated heterocycles. The largest absolute Gasteiger partial charge is 0.304 e. The van der Waals surface area contributed by atoms with E-state index in [9.17, 15) is 0 Å². The Morgan fingerprint density at radius 3 is 2.60 bits per heavy atom. The maximum Gasteiger partial charge on any atom is 0.0412 e. The SMILES string of the molecule is CN1CCN(CC/C=C2\c3ccccc3Sc3ccc(Cl)cc32)CC1. The van der Waals surface area contributed by atoms with E-state index in [1.54, 1.807) is 0 Å². The third-order valence-corrected chi connectivity index (χ3v) is 6.41. The first kappa shape index (κ1) is 17.2. The summed E-state index contributed by atoms with van der Waals surface area (Å²) < 4.78 is 0. The molecule has 4 heteroatoms. The van der Waals surface area contributed by atoms with Crippen molar-refractivity contribution in [1.82, 2.24) is 9.80 Å². The van der Waals surface area contributed by atoms with Crippen molar-refractivity contribution in [3.8, 4) is 0 Å². The lowest BCUT2D eigenvalue weighted by atomic mass is 9.96. The standard InChI is InChI=1S/C21H23ClN2S/c1-23-11-13-24(14-12-23)10-4-6-17-18-5-2-3-7-20(18)25-21-9-8-16(22)15-19(17)21/h2-3,5-9,15H,4,10-14H2,1H3/b17-6+. The van der Waals surface area contributed by atoms with Crippen LogP contribution in [0.15, 0.2) is 58.3 Å². The van der Waals surface area contributed by atoms with Gasteiger partial charge in [-0.15, -0.1) is 0 Å². The zero-order chi connectivity index (χ0) is 17.2.